The van der Waals surface area contributed by atoms with Crippen molar-refractivity contribution in [1.29, 1.82) is 0 Å². The van der Waals surface area contributed by atoms with Gasteiger partial charge in [0.25, 0.3) is 0 Å². The monoisotopic (exact) mass is 140 g/mol. The normalized spacial score (nSPS) is 17.3. The average molecular weight is 140 g/mol. The number of hydrogen-bond acceptors (Lipinski definition) is 2. The summed E-state index contributed by atoms with van der Waals surface area (Å²) >= 11 is 0. The van der Waals surface area contributed by atoms with E-state index < -0.39 is 0 Å². The van der Waals surface area contributed by atoms with Crippen molar-refractivity contribution in [1.82, 2.24) is 0 Å². The Balaban J connectivity index is 2.54. The van der Waals surface area contributed by atoms with E-state index in [-0.39, 0.29) is 0 Å². The maximum absolute atomic E-state index is 4.81. The van der Waals surface area contributed by atoms with Gasteiger partial charge in [0.05, 0.1) is 0 Å². The Kier molecular flexibility index (Phi) is 1.15. The predicted octanol–water partition coefficient (Wildman–Crippen LogP) is 1.23. The first-order valence-electron chi connectivity index (χ1n) is 2.65. The van der Waals surface area contributed by atoms with Gasteiger partial charge >= 0.3 is 0 Å². The first-order valence-corrected chi connectivity index (χ1v) is 3.56. The topological polar surface area (TPSA) is 18.5 Å². The minimum Gasteiger partial charge on any atom is -0.333 e. The molecule has 0 radical (unpaired) electrons. The van der Waals surface area contributed by atoms with Crippen LogP contribution in [0.25, 0.3) is 0 Å². The molecule has 0 saturated carbocycles. The van der Waals surface area contributed by atoms with Gasteiger partial charge in [0, 0.05) is 5.30 Å². The maximum Gasteiger partial charge on any atom is 0.175 e. The number of hydrogen-bond donors (Lipinski definition) is 0. The molecule has 0 fully saturated rings. The molecular weight excluding hydrogens is 135 g/mol. The third-order valence-corrected chi connectivity index (χ3v) is 1.97. The summed E-state index contributed by atoms with van der Waals surface area (Å²) in [6, 6.07) is 7.80. The van der Waals surface area contributed by atoms with E-state index in [0.717, 1.165) is 11.1 Å². The second kappa shape index (κ2) is 1.98. The second-order valence-corrected chi connectivity index (χ2v) is 2.67. The molecular formula is C6H5O2P. The van der Waals surface area contributed by atoms with Crippen LogP contribution in [-0.2, 0) is 4.67 Å². The van der Waals surface area contributed by atoms with Gasteiger partial charge in [0.1, 0.15) is 8.81 Å². The van der Waals surface area contributed by atoms with Gasteiger partial charge in [-0.3, -0.25) is 0 Å². The van der Waals surface area contributed by atoms with Gasteiger partial charge < -0.3 is 4.89 Å². The summed E-state index contributed by atoms with van der Waals surface area (Å²) in [7, 11) is 0.357. The zero-order valence-corrected chi connectivity index (χ0v) is 5.63. The number of rotatable bonds is 0. The summed E-state index contributed by atoms with van der Waals surface area (Å²) in [6.07, 6.45) is 0. The highest BCUT2D eigenvalue weighted by Gasteiger charge is 2.10. The van der Waals surface area contributed by atoms with Crippen molar-refractivity contribution in [3.63, 3.8) is 0 Å². The SMILES string of the molecule is c1ccc2c(c1)OOP2. The quantitative estimate of drug-likeness (QED) is 0.398. The van der Waals surface area contributed by atoms with Crippen molar-refractivity contribution < 1.29 is 9.56 Å². The van der Waals surface area contributed by atoms with Gasteiger partial charge in [-0.1, -0.05) is 12.1 Å². The molecule has 1 atom stereocenters. The number of para-hydroxylation sites is 1. The van der Waals surface area contributed by atoms with Crippen LogP contribution in [0, 0.1) is 0 Å². The highest BCUT2D eigenvalue weighted by molar-refractivity contribution is 7.42. The molecule has 1 aromatic rings. The summed E-state index contributed by atoms with van der Waals surface area (Å²) in [5, 5.41) is 1.15. The van der Waals surface area contributed by atoms with Crippen LogP contribution in [0.5, 0.6) is 5.75 Å². The van der Waals surface area contributed by atoms with E-state index in [1.54, 1.807) is 0 Å². The fourth-order valence-corrected chi connectivity index (χ4v) is 1.35. The first-order chi connectivity index (χ1) is 4.47. The van der Waals surface area contributed by atoms with Crippen molar-refractivity contribution in [2.24, 2.45) is 0 Å². The predicted molar refractivity (Wildman–Crippen MR) is 36.1 cm³/mol. The Bertz CT molecular complexity index is 201. The molecule has 9 heavy (non-hydrogen) atoms. The third-order valence-electron chi connectivity index (χ3n) is 1.17. The molecule has 2 nitrogen and oxygen atoms in total. The first kappa shape index (κ1) is 5.21. The second-order valence-electron chi connectivity index (χ2n) is 1.76. The van der Waals surface area contributed by atoms with E-state index in [2.05, 4.69) is 0 Å². The Morgan fingerprint density at radius 3 is 3.00 bits per heavy atom. The highest BCUT2D eigenvalue weighted by Crippen LogP contribution is 2.27. The molecule has 1 aromatic carbocycles. The molecule has 1 aliphatic rings. The van der Waals surface area contributed by atoms with Crippen molar-refractivity contribution in [3.8, 4) is 5.75 Å². The Hall–Kier alpha value is -0.590. The fourth-order valence-electron chi connectivity index (χ4n) is 0.734. The van der Waals surface area contributed by atoms with Gasteiger partial charge in [-0.2, -0.15) is 4.67 Å². The van der Waals surface area contributed by atoms with Crippen LogP contribution in [0.1, 0.15) is 0 Å². The molecule has 0 N–H and O–H groups in total. The molecule has 0 aliphatic carbocycles. The van der Waals surface area contributed by atoms with Crippen LogP contribution >= 0.6 is 8.81 Å². The number of benzene rings is 1. The highest BCUT2D eigenvalue weighted by atomic mass is 31.1. The zero-order valence-electron chi connectivity index (χ0n) is 4.63. The van der Waals surface area contributed by atoms with Crippen molar-refractivity contribution in [2.45, 2.75) is 0 Å². The molecule has 1 heterocycles. The van der Waals surface area contributed by atoms with E-state index in [1.165, 1.54) is 0 Å². The van der Waals surface area contributed by atoms with Gasteiger partial charge in [0.2, 0.25) is 0 Å². The molecule has 3 heteroatoms. The maximum atomic E-state index is 4.81. The summed E-state index contributed by atoms with van der Waals surface area (Å²) in [6.45, 7) is 0. The summed E-state index contributed by atoms with van der Waals surface area (Å²) < 4.78 is 4.74. The van der Waals surface area contributed by atoms with Crippen LogP contribution in [0.3, 0.4) is 0 Å². The zero-order chi connectivity index (χ0) is 6.10. The molecule has 0 amide bonds. The fraction of sp³-hybridized carbons (Fsp3) is 0. The smallest absolute Gasteiger partial charge is 0.175 e. The van der Waals surface area contributed by atoms with Crippen LogP contribution in [0.2, 0.25) is 0 Å². The molecule has 0 spiro atoms. The van der Waals surface area contributed by atoms with E-state index in [9.17, 15) is 0 Å². The minimum atomic E-state index is 0.357. The van der Waals surface area contributed by atoms with Crippen LogP contribution < -0.4 is 10.2 Å². The lowest BCUT2D eigenvalue weighted by molar-refractivity contribution is -0.0731. The molecule has 1 unspecified atom stereocenters. The largest absolute Gasteiger partial charge is 0.333 e. The van der Waals surface area contributed by atoms with E-state index >= 15 is 0 Å². The van der Waals surface area contributed by atoms with Crippen molar-refractivity contribution in [2.75, 3.05) is 0 Å². The Morgan fingerprint density at radius 1 is 1.22 bits per heavy atom. The Morgan fingerprint density at radius 2 is 2.11 bits per heavy atom. The summed E-state index contributed by atoms with van der Waals surface area (Å²) in [5.41, 5.74) is 0. The molecule has 0 aromatic heterocycles. The number of fused-ring (bicyclic) bond motifs is 1. The lowest BCUT2D eigenvalue weighted by Gasteiger charge is -1.88. The van der Waals surface area contributed by atoms with Gasteiger partial charge in [0.15, 0.2) is 5.75 Å². The average Bonchev–Trinajstić information content (AvgIpc) is 2.33. The van der Waals surface area contributed by atoms with E-state index in [1.807, 2.05) is 24.3 Å². The van der Waals surface area contributed by atoms with Crippen LogP contribution in [0.4, 0.5) is 0 Å². The lowest BCUT2D eigenvalue weighted by Crippen LogP contribution is -1.88. The van der Waals surface area contributed by atoms with Gasteiger partial charge in [-0.25, -0.2) is 0 Å². The summed E-state index contributed by atoms with van der Waals surface area (Å²) in [5.74, 6) is 0.857. The molecule has 2 rings (SSSR count). The standard InChI is InChI=1S/C6H5O2P/c1-2-4-6-5(3-1)7-8-9-6/h1-4,9H. The van der Waals surface area contributed by atoms with Gasteiger partial charge in [-0.05, 0) is 12.1 Å². The molecule has 0 bridgehead atoms. The molecule has 46 valence electrons. The lowest BCUT2D eigenvalue weighted by atomic mass is 10.3. The van der Waals surface area contributed by atoms with E-state index in [4.69, 9.17) is 9.56 Å². The van der Waals surface area contributed by atoms with Gasteiger partial charge in [-0.15, -0.1) is 0 Å². The van der Waals surface area contributed by atoms with E-state index in [0.29, 0.717) is 8.81 Å². The Labute approximate surface area is 54.6 Å². The molecule has 0 saturated heterocycles. The van der Waals surface area contributed by atoms with Crippen LogP contribution in [0.15, 0.2) is 24.3 Å². The van der Waals surface area contributed by atoms with Crippen LogP contribution in [-0.4, -0.2) is 0 Å². The van der Waals surface area contributed by atoms with Crippen molar-refractivity contribution in [3.05, 3.63) is 24.3 Å². The third kappa shape index (κ3) is 0.805. The minimum absolute atomic E-state index is 0.357. The van der Waals surface area contributed by atoms with Crippen molar-refractivity contribution >= 4 is 14.1 Å². The summed E-state index contributed by atoms with van der Waals surface area (Å²) in [4.78, 5) is 4.81. The molecule has 1 aliphatic heterocycles.